The number of carbonyl (C=O) groups excluding carboxylic acids is 2. The SMILES string of the molecule is CC(C)CNC(=O)[C@@H](C)N(Cc1c(Cl)cccc1Cl)C(=O)CCCN1c2cccc3cccc(c23)S1(=O)=O. The Bertz CT molecular complexity index is 1450. The first-order valence-electron chi connectivity index (χ1n) is 12.6. The number of halogens is 2. The summed E-state index contributed by atoms with van der Waals surface area (Å²) in [6, 6.07) is 15.0. The Hall–Kier alpha value is -2.81. The van der Waals surface area contributed by atoms with E-state index in [2.05, 4.69) is 5.32 Å². The number of hydrogen-bond donors (Lipinski definition) is 1. The summed E-state index contributed by atoms with van der Waals surface area (Å²) in [6.07, 6.45) is 0.317. The molecule has 1 aliphatic rings. The molecule has 0 aromatic heterocycles. The monoisotopic (exact) mass is 575 g/mol. The molecule has 0 radical (unpaired) electrons. The second-order valence-electron chi connectivity index (χ2n) is 9.85. The Labute approximate surface area is 233 Å². The average Bonchev–Trinajstić information content (AvgIpc) is 3.09. The molecule has 3 aromatic carbocycles. The summed E-state index contributed by atoms with van der Waals surface area (Å²) in [4.78, 5) is 28.1. The number of amides is 2. The fraction of sp³-hybridized carbons (Fsp3) is 0.357. The maximum atomic E-state index is 13.5. The first-order valence-corrected chi connectivity index (χ1v) is 14.8. The Morgan fingerprint density at radius 2 is 1.61 bits per heavy atom. The molecule has 0 unspecified atom stereocenters. The van der Waals surface area contributed by atoms with Crippen molar-refractivity contribution in [1.29, 1.82) is 0 Å². The first-order chi connectivity index (χ1) is 18.0. The number of nitrogens with zero attached hydrogens (tertiary/aromatic N) is 2. The second-order valence-corrected chi connectivity index (χ2v) is 12.5. The molecule has 0 fully saturated rings. The standard InChI is InChI=1S/C28H31Cl2N3O4S/c1-18(2)16-31-28(35)19(3)32(17-21-22(29)10-6-11-23(21)30)26(34)14-7-15-33-24-12-4-8-20-9-5-13-25(27(20)24)38(33,36)37/h4-6,8-13,18-19H,7,14-17H2,1-3H3,(H,31,35)/t19-/m1/s1. The van der Waals surface area contributed by atoms with Crippen molar-refractivity contribution >= 4 is 61.5 Å². The van der Waals surface area contributed by atoms with E-state index in [0.29, 0.717) is 33.2 Å². The highest BCUT2D eigenvalue weighted by Crippen LogP contribution is 2.42. The normalized spacial score (nSPS) is 14.6. The summed E-state index contributed by atoms with van der Waals surface area (Å²) in [6.45, 7) is 6.32. The van der Waals surface area contributed by atoms with Crippen molar-refractivity contribution in [2.75, 3.05) is 17.4 Å². The van der Waals surface area contributed by atoms with Gasteiger partial charge >= 0.3 is 0 Å². The van der Waals surface area contributed by atoms with Crippen molar-refractivity contribution < 1.29 is 18.0 Å². The van der Waals surface area contributed by atoms with Crippen LogP contribution in [0.3, 0.4) is 0 Å². The van der Waals surface area contributed by atoms with Crippen molar-refractivity contribution in [1.82, 2.24) is 10.2 Å². The molecule has 7 nitrogen and oxygen atoms in total. The van der Waals surface area contributed by atoms with Gasteiger partial charge in [-0.25, -0.2) is 8.42 Å². The molecule has 0 saturated heterocycles. The highest BCUT2D eigenvalue weighted by atomic mass is 35.5. The molecule has 10 heteroatoms. The van der Waals surface area contributed by atoms with Gasteiger partial charge in [0, 0.05) is 47.1 Å². The minimum Gasteiger partial charge on any atom is -0.354 e. The van der Waals surface area contributed by atoms with Crippen molar-refractivity contribution in [3.05, 3.63) is 70.2 Å². The van der Waals surface area contributed by atoms with E-state index in [1.807, 2.05) is 32.0 Å². The Balaban J connectivity index is 1.52. The average molecular weight is 577 g/mol. The van der Waals surface area contributed by atoms with Gasteiger partial charge < -0.3 is 10.2 Å². The number of nitrogens with one attached hydrogen (secondary N) is 1. The third kappa shape index (κ3) is 5.63. The molecular weight excluding hydrogens is 545 g/mol. The van der Waals surface area contributed by atoms with Crippen LogP contribution in [0.5, 0.6) is 0 Å². The van der Waals surface area contributed by atoms with Gasteiger partial charge in [0.15, 0.2) is 0 Å². The lowest BCUT2D eigenvalue weighted by atomic mass is 10.1. The highest BCUT2D eigenvalue weighted by molar-refractivity contribution is 7.93. The van der Waals surface area contributed by atoms with Gasteiger partial charge in [-0.2, -0.15) is 0 Å². The van der Waals surface area contributed by atoms with Crippen LogP contribution in [-0.2, 0) is 26.2 Å². The largest absolute Gasteiger partial charge is 0.354 e. The van der Waals surface area contributed by atoms with Crippen LogP contribution in [0.25, 0.3) is 10.8 Å². The van der Waals surface area contributed by atoms with Crippen LogP contribution < -0.4 is 9.62 Å². The predicted octanol–water partition coefficient (Wildman–Crippen LogP) is 5.63. The smallest absolute Gasteiger partial charge is 0.265 e. The van der Waals surface area contributed by atoms with Gasteiger partial charge in [-0.1, -0.05) is 67.4 Å². The molecule has 0 bridgehead atoms. The molecule has 4 rings (SSSR count). The minimum absolute atomic E-state index is 0.0439. The number of anilines is 1. The van der Waals surface area contributed by atoms with Crippen molar-refractivity contribution in [2.24, 2.45) is 5.92 Å². The zero-order valence-corrected chi connectivity index (χ0v) is 23.9. The van der Waals surface area contributed by atoms with Crippen LogP contribution in [0.2, 0.25) is 10.0 Å². The summed E-state index contributed by atoms with van der Waals surface area (Å²) in [7, 11) is -3.71. The lowest BCUT2D eigenvalue weighted by Gasteiger charge is -2.30. The van der Waals surface area contributed by atoms with Gasteiger partial charge in [-0.3, -0.25) is 13.9 Å². The summed E-state index contributed by atoms with van der Waals surface area (Å²) in [5.41, 5.74) is 1.17. The van der Waals surface area contributed by atoms with Crippen molar-refractivity contribution in [3.63, 3.8) is 0 Å². The van der Waals surface area contributed by atoms with Crippen LogP contribution in [0, 0.1) is 5.92 Å². The van der Waals surface area contributed by atoms with E-state index in [1.54, 1.807) is 43.3 Å². The highest BCUT2D eigenvalue weighted by Gasteiger charge is 2.35. The number of benzene rings is 3. The van der Waals surface area contributed by atoms with Gasteiger partial charge in [0.25, 0.3) is 10.0 Å². The lowest BCUT2D eigenvalue weighted by molar-refractivity contribution is -0.140. The third-order valence-electron chi connectivity index (χ3n) is 6.68. The zero-order chi connectivity index (χ0) is 27.6. The predicted molar refractivity (Wildman–Crippen MR) is 152 cm³/mol. The zero-order valence-electron chi connectivity index (χ0n) is 21.6. The van der Waals surface area contributed by atoms with Crippen LogP contribution in [-0.4, -0.2) is 44.3 Å². The molecule has 0 spiro atoms. The number of carbonyl (C=O) groups is 2. The van der Waals surface area contributed by atoms with Gasteiger partial charge in [-0.15, -0.1) is 0 Å². The van der Waals surface area contributed by atoms with Crippen molar-refractivity contribution in [3.8, 4) is 0 Å². The van der Waals surface area contributed by atoms with E-state index < -0.39 is 16.1 Å². The molecule has 2 amide bonds. The van der Waals surface area contributed by atoms with E-state index >= 15 is 0 Å². The molecule has 1 N–H and O–H groups in total. The molecule has 1 heterocycles. The van der Waals surface area contributed by atoms with E-state index in [1.165, 1.54) is 9.21 Å². The first kappa shape index (κ1) is 28.2. The maximum Gasteiger partial charge on any atom is 0.265 e. The summed E-state index contributed by atoms with van der Waals surface area (Å²) < 4.78 is 27.9. The van der Waals surface area contributed by atoms with Gasteiger partial charge in [0.1, 0.15) is 6.04 Å². The number of rotatable bonds is 10. The van der Waals surface area contributed by atoms with Crippen LogP contribution in [0.4, 0.5) is 5.69 Å². The van der Waals surface area contributed by atoms with E-state index in [4.69, 9.17) is 23.2 Å². The lowest BCUT2D eigenvalue weighted by Crippen LogP contribution is -2.48. The number of sulfonamides is 1. The van der Waals surface area contributed by atoms with E-state index in [9.17, 15) is 18.0 Å². The minimum atomic E-state index is -3.71. The number of hydrogen-bond acceptors (Lipinski definition) is 4. The maximum absolute atomic E-state index is 13.5. The fourth-order valence-electron chi connectivity index (χ4n) is 4.61. The Morgan fingerprint density at radius 3 is 2.26 bits per heavy atom. The molecule has 38 heavy (non-hydrogen) atoms. The molecule has 3 aromatic rings. The van der Waals surface area contributed by atoms with E-state index in [0.717, 1.165) is 5.39 Å². The molecule has 1 aliphatic heterocycles. The van der Waals surface area contributed by atoms with E-state index in [-0.39, 0.29) is 48.6 Å². The summed E-state index contributed by atoms with van der Waals surface area (Å²) in [5.74, 6) is -0.315. The molecule has 1 atom stereocenters. The summed E-state index contributed by atoms with van der Waals surface area (Å²) in [5, 5.41) is 5.24. The molecule has 202 valence electrons. The van der Waals surface area contributed by atoms with Gasteiger partial charge in [0.05, 0.1) is 10.6 Å². The fourth-order valence-corrected chi connectivity index (χ4v) is 6.87. The van der Waals surface area contributed by atoms with Crippen LogP contribution in [0.1, 0.15) is 39.2 Å². The van der Waals surface area contributed by atoms with Gasteiger partial charge in [-0.05, 0) is 48.9 Å². The molecule has 0 aliphatic carbocycles. The Morgan fingerprint density at radius 1 is 0.974 bits per heavy atom. The summed E-state index contributed by atoms with van der Waals surface area (Å²) >= 11 is 12.7. The van der Waals surface area contributed by atoms with Crippen molar-refractivity contribution in [2.45, 2.75) is 51.1 Å². The topological polar surface area (TPSA) is 86.8 Å². The molecule has 0 saturated carbocycles. The third-order valence-corrected chi connectivity index (χ3v) is 9.24. The van der Waals surface area contributed by atoms with Crippen LogP contribution >= 0.6 is 23.2 Å². The van der Waals surface area contributed by atoms with Gasteiger partial charge in [0.2, 0.25) is 11.8 Å². The molecular formula is C28H31Cl2N3O4S. The second kappa shape index (κ2) is 11.5. The van der Waals surface area contributed by atoms with Crippen LogP contribution in [0.15, 0.2) is 59.5 Å². The Kier molecular flexibility index (Phi) is 8.55. The quantitative estimate of drug-likeness (QED) is 0.339.